The van der Waals surface area contributed by atoms with Gasteiger partial charge in [0.1, 0.15) is 0 Å². The number of thiophene rings is 1. The highest BCUT2D eigenvalue weighted by molar-refractivity contribution is 7.10. The molecule has 0 spiro atoms. The summed E-state index contributed by atoms with van der Waals surface area (Å²) < 4.78 is 5.47. The predicted molar refractivity (Wildman–Crippen MR) is 64.3 cm³/mol. The van der Waals surface area contributed by atoms with E-state index in [2.05, 4.69) is 29.8 Å². The minimum Gasteiger partial charge on any atom is -0.381 e. The van der Waals surface area contributed by atoms with E-state index in [9.17, 15) is 0 Å². The molecular formula is C12H19NOS. The lowest BCUT2D eigenvalue weighted by Crippen LogP contribution is -2.30. The van der Waals surface area contributed by atoms with Crippen molar-refractivity contribution in [3.8, 4) is 0 Å². The van der Waals surface area contributed by atoms with Gasteiger partial charge in [-0.2, -0.15) is 0 Å². The number of rotatable bonds is 4. The maximum absolute atomic E-state index is 5.47. The van der Waals surface area contributed by atoms with Gasteiger partial charge in [-0.25, -0.2) is 0 Å². The third-order valence-corrected chi connectivity index (χ3v) is 3.99. The molecule has 0 bridgehead atoms. The average Bonchev–Trinajstić information content (AvgIpc) is 2.81. The Morgan fingerprint density at radius 1 is 1.67 bits per heavy atom. The van der Waals surface area contributed by atoms with Crippen molar-refractivity contribution in [1.82, 2.24) is 5.32 Å². The second-order valence-corrected chi connectivity index (χ2v) is 5.21. The molecule has 15 heavy (non-hydrogen) atoms. The van der Waals surface area contributed by atoms with Gasteiger partial charge in [0.25, 0.3) is 0 Å². The van der Waals surface area contributed by atoms with Crippen LogP contribution in [0.15, 0.2) is 17.5 Å². The summed E-state index contributed by atoms with van der Waals surface area (Å²) >= 11 is 1.82. The van der Waals surface area contributed by atoms with E-state index < -0.39 is 0 Å². The summed E-state index contributed by atoms with van der Waals surface area (Å²) in [6, 6.07) is 4.79. The Kier molecular flexibility index (Phi) is 4.18. The summed E-state index contributed by atoms with van der Waals surface area (Å²) in [7, 11) is 0. The van der Waals surface area contributed by atoms with E-state index in [0.717, 1.165) is 19.8 Å². The second kappa shape index (κ2) is 5.64. The van der Waals surface area contributed by atoms with Crippen molar-refractivity contribution in [2.45, 2.75) is 25.8 Å². The summed E-state index contributed by atoms with van der Waals surface area (Å²) in [6.07, 6.45) is 2.53. The maximum Gasteiger partial charge on any atom is 0.0506 e. The molecule has 1 aromatic heterocycles. The van der Waals surface area contributed by atoms with Crippen molar-refractivity contribution in [3.05, 3.63) is 22.4 Å². The zero-order chi connectivity index (χ0) is 10.5. The van der Waals surface area contributed by atoms with E-state index in [4.69, 9.17) is 4.74 Å². The van der Waals surface area contributed by atoms with E-state index in [-0.39, 0.29) is 0 Å². The third-order valence-electron chi connectivity index (χ3n) is 2.94. The Labute approximate surface area is 95.6 Å². The molecule has 0 amide bonds. The third kappa shape index (κ3) is 3.30. The van der Waals surface area contributed by atoms with E-state index in [1.165, 1.54) is 17.7 Å². The van der Waals surface area contributed by atoms with Gasteiger partial charge in [0, 0.05) is 24.1 Å². The van der Waals surface area contributed by atoms with E-state index in [1.54, 1.807) is 0 Å². The first-order chi connectivity index (χ1) is 7.36. The minimum absolute atomic E-state index is 0.479. The van der Waals surface area contributed by atoms with Crippen LogP contribution < -0.4 is 5.32 Å². The molecule has 2 rings (SSSR count). The molecule has 84 valence electrons. The van der Waals surface area contributed by atoms with Gasteiger partial charge in [-0.15, -0.1) is 11.3 Å². The van der Waals surface area contributed by atoms with E-state index in [0.29, 0.717) is 12.0 Å². The molecule has 2 atom stereocenters. The van der Waals surface area contributed by atoms with E-state index >= 15 is 0 Å². The monoisotopic (exact) mass is 225 g/mol. The number of nitrogens with one attached hydrogen (secondary N) is 1. The van der Waals surface area contributed by atoms with E-state index in [1.807, 2.05) is 11.3 Å². The quantitative estimate of drug-likeness (QED) is 0.851. The Morgan fingerprint density at radius 3 is 3.27 bits per heavy atom. The molecule has 1 fully saturated rings. The Bertz CT molecular complexity index is 267. The molecule has 1 saturated heterocycles. The van der Waals surface area contributed by atoms with Crippen molar-refractivity contribution in [1.29, 1.82) is 0 Å². The molecule has 0 aromatic carbocycles. The Hall–Kier alpha value is -0.380. The first kappa shape index (κ1) is 11.1. The van der Waals surface area contributed by atoms with Crippen molar-refractivity contribution in [2.75, 3.05) is 19.8 Å². The SMILES string of the molecule is C[C@@H](NCC1CCCOC1)c1cccs1. The fraction of sp³-hybridized carbons (Fsp3) is 0.667. The lowest BCUT2D eigenvalue weighted by Gasteiger charge is -2.24. The summed E-state index contributed by atoms with van der Waals surface area (Å²) in [6.45, 7) is 5.20. The van der Waals surface area contributed by atoms with Crippen molar-refractivity contribution < 1.29 is 4.74 Å². The highest BCUT2D eigenvalue weighted by Crippen LogP contribution is 2.19. The van der Waals surface area contributed by atoms with Crippen molar-refractivity contribution >= 4 is 11.3 Å². The summed E-state index contributed by atoms with van der Waals surface area (Å²) in [5.41, 5.74) is 0. The molecule has 2 nitrogen and oxygen atoms in total. The molecule has 2 heterocycles. The zero-order valence-electron chi connectivity index (χ0n) is 9.24. The zero-order valence-corrected chi connectivity index (χ0v) is 10.1. The van der Waals surface area contributed by atoms with Crippen LogP contribution >= 0.6 is 11.3 Å². The first-order valence-electron chi connectivity index (χ1n) is 5.71. The van der Waals surface area contributed by atoms with Crippen LogP contribution in [0.1, 0.15) is 30.7 Å². The lowest BCUT2D eigenvalue weighted by atomic mass is 10.0. The molecule has 1 aliphatic heterocycles. The molecular weight excluding hydrogens is 206 g/mol. The van der Waals surface area contributed by atoms with Gasteiger partial charge in [0.15, 0.2) is 0 Å². The highest BCUT2D eigenvalue weighted by atomic mass is 32.1. The largest absolute Gasteiger partial charge is 0.381 e. The van der Waals surface area contributed by atoms with Gasteiger partial charge in [-0.05, 0) is 37.1 Å². The predicted octanol–water partition coefficient (Wildman–Crippen LogP) is 2.83. The highest BCUT2D eigenvalue weighted by Gasteiger charge is 2.15. The molecule has 3 heteroatoms. The van der Waals surface area contributed by atoms with Gasteiger partial charge in [-0.3, -0.25) is 0 Å². The normalized spacial score (nSPS) is 23.9. The van der Waals surface area contributed by atoms with Crippen LogP contribution in [-0.4, -0.2) is 19.8 Å². The molecule has 0 saturated carbocycles. The maximum atomic E-state index is 5.47. The topological polar surface area (TPSA) is 21.3 Å². The molecule has 1 aromatic rings. The Balaban J connectivity index is 1.73. The van der Waals surface area contributed by atoms with Gasteiger partial charge in [0.2, 0.25) is 0 Å². The molecule has 1 N–H and O–H groups in total. The fourth-order valence-corrected chi connectivity index (χ4v) is 2.71. The first-order valence-corrected chi connectivity index (χ1v) is 6.59. The van der Waals surface area contributed by atoms with Crippen LogP contribution in [0.4, 0.5) is 0 Å². The van der Waals surface area contributed by atoms with Crippen LogP contribution in [0, 0.1) is 5.92 Å². The van der Waals surface area contributed by atoms with Crippen LogP contribution in [-0.2, 0) is 4.74 Å². The summed E-state index contributed by atoms with van der Waals surface area (Å²) in [4.78, 5) is 1.42. The average molecular weight is 225 g/mol. The van der Waals surface area contributed by atoms with Crippen LogP contribution in [0.2, 0.25) is 0 Å². The van der Waals surface area contributed by atoms with Gasteiger partial charge >= 0.3 is 0 Å². The number of ether oxygens (including phenoxy) is 1. The summed E-state index contributed by atoms with van der Waals surface area (Å²) in [5.74, 6) is 0.709. The van der Waals surface area contributed by atoms with Crippen molar-refractivity contribution in [3.63, 3.8) is 0 Å². The standard InChI is InChI=1S/C12H19NOS/c1-10(12-5-3-7-15-12)13-8-11-4-2-6-14-9-11/h3,5,7,10-11,13H,2,4,6,8-9H2,1H3/t10-,11?/m1/s1. The molecule has 1 unspecified atom stereocenters. The van der Waals surface area contributed by atoms with Gasteiger partial charge in [-0.1, -0.05) is 6.07 Å². The van der Waals surface area contributed by atoms with Crippen LogP contribution in [0.5, 0.6) is 0 Å². The number of hydrogen-bond donors (Lipinski definition) is 1. The minimum atomic E-state index is 0.479. The lowest BCUT2D eigenvalue weighted by molar-refractivity contribution is 0.0540. The number of hydrogen-bond acceptors (Lipinski definition) is 3. The van der Waals surface area contributed by atoms with Crippen molar-refractivity contribution in [2.24, 2.45) is 5.92 Å². The molecule has 1 aliphatic rings. The van der Waals surface area contributed by atoms with Crippen LogP contribution in [0.3, 0.4) is 0 Å². The smallest absolute Gasteiger partial charge is 0.0506 e. The second-order valence-electron chi connectivity index (χ2n) is 4.23. The van der Waals surface area contributed by atoms with Crippen LogP contribution in [0.25, 0.3) is 0 Å². The fourth-order valence-electron chi connectivity index (χ4n) is 1.95. The van der Waals surface area contributed by atoms with Gasteiger partial charge in [0.05, 0.1) is 6.61 Å². The molecule has 0 radical (unpaired) electrons. The molecule has 0 aliphatic carbocycles. The Morgan fingerprint density at radius 2 is 2.60 bits per heavy atom. The van der Waals surface area contributed by atoms with Gasteiger partial charge < -0.3 is 10.1 Å². The summed E-state index contributed by atoms with van der Waals surface area (Å²) in [5, 5.41) is 5.72.